The Morgan fingerprint density at radius 1 is 1.10 bits per heavy atom. The van der Waals surface area contributed by atoms with E-state index in [4.69, 9.17) is 11.0 Å². The summed E-state index contributed by atoms with van der Waals surface area (Å²) in [6, 6.07) is 10.8. The quantitative estimate of drug-likeness (QED) is 0.0935. The van der Waals surface area contributed by atoms with Crippen molar-refractivity contribution in [3.63, 3.8) is 0 Å². The zero-order chi connectivity index (χ0) is 22.6. The smallest absolute Gasteiger partial charge is 0.295 e. The fourth-order valence-corrected chi connectivity index (χ4v) is 3.91. The number of phenolic OH excluding ortho intramolecular Hbond substituents is 1. The lowest BCUT2D eigenvalue weighted by Crippen LogP contribution is -2.02. The molecule has 0 bridgehead atoms. The molecule has 0 saturated heterocycles. The lowest BCUT2D eigenvalue weighted by molar-refractivity contribution is -0.432. The van der Waals surface area contributed by atoms with E-state index in [1.165, 1.54) is 13.1 Å². The Morgan fingerprint density at radius 2 is 1.81 bits per heavy atom. The molecular formula is C17H15N5O7S2. The van der Waals surface area contributed by atoms with Crippen molar-refractivity contribution in [1.29, 1.82) is 0 Å². The monoisotopic (exact) mass is 465 g/mol. The van der Waals surface area contributed by atoms with Crippen molar-refractivity contribution in [2.75, 3.05) is 12.8 Å². The molecule has 0 aromatic heterocycles. The van der Waals surface area contributed by atoms with Gasteiger partial charge in [0.15, 0.2) is 5.75 Å². The molecule has 5 N–H and O–H groups in total. The molecule has 0 aliphatic heterocycles. The average Bonchev–Trinajstić information content (AvgIpc) is 2.73. The first-order chi connectivity index (χ1) is 14.8. The molecule has 0 spiro atoms. The summed E-state index contributed by atoms with van der Waals surface area (Å²) in [4.78, 5) is -0.597. The first-order valence-corrected chi connectivity index (χ1v) is 10.5. The number of hydrogen-bond donors (Lipinski definition) is 4. The zero-order valence-electron chi connectivity index (χ0n) is 15.7. The van der Waals surface area contributed by atoms with Gasteiger partial charge in [-0.05, 0) is 24.3 Å². The molecule has 3 aromatic rings. The number of rotatable bonds is 7. The van der Waals surface area contributed by atoms with Gasteiger partial charge < -0.3 is 10.8 Å². The number of benzene rings is 3. The fourth-order valence-electron chi connectivity index (χ4n) is 2.73. The van der Waals surface area contributed by atoms with Crippen LogP contribution in [0.4, 0.5) is 22.7 Å². The first-order valence-electron chi connectivity index (χ1n) is 8.29. The summed E-state index contributed by atoms with van der Waals surface area (Å²) in [5.74, 6) is -0.572. The van der Waals surface area contributed by atoms with E-state index >= 15 is 0 Å². The van der Waals surface area contributed by atoms with Gasteiger partial charge in [-0.1, -0.05) is 23.2 Å². The van der Waals surface area contributed by atoms with E-state index in [0.29, 0.717) is 17.7 Å². The van der Waals surface area contributed by atoms with Gasteiger partial charge >= 0.3 is 0 Å². The van der Waals surface area contributed by atoms with Crippen LogP contribution in [-0.4, -0.2) is 30.4 Å². The maximum absolute atomic E-state index is 12.0. The number of phenols is 1. The second-order valence-electron chi connectivity index (χ2n) is 5.84. The Kier molecular flexibility index (Phi) is 6.79. The predicted molar refractivity (Wildman–Crippen MR) is 112 cm³/mol. The van der Waals surface area contributed by atoms with E-state index in [0.717, 1.165) is 6.07 Å². The molecule has 0 radical (unpaired) electrons. The van der Waals surface area contributed by atoms with Gasteiger partial charge in [0, 0.05) is 12.4 Å². The van der Waals surface area contributed by atoms with E-state index in [1.807, 2.05) is 0 Å². The molecule has 14 heteroatoms. The van der Waals surface area contributed by atoms with Gasteiger partial charge in [0.1, 0.15) is 16.3 Å². The summed E-state index contributed by atoms with van der Waals surface area (Å²) in [6.07, 6.45) is 0. The lowest BCUT2D eigenvalue weighted by atomic mass is 10.0. The van der Waals surface area contributed by atoms with Crippen molar-refractivity contribution >= 4 is 55.7 Å². The van der Waals surface area contributed by atoms with Gasteiger partial charge in [-0.15, -0.1) is 9.45 Å². The van der Waals surface area contributed by atoms with Gasteiger partial charge in [0.25, 0.3) is 10.1 Å². The molecule has 0 fully saturated rings. The number of aromatic hydroxyl groups is 1. The Balaban J connectivity index is 2.38. The van der Waals surface area contributed by atoms with E-state index < -0.39 is 20.8 Å². The van der Waals surface area contributed by atoms with Crippen LogP contribution in [0.3, 0.4) is 0 Å². The first kappa shape index (κ1) is 22.5. The van der Waals surface area contributed by atoms with Gasteiger partial charge in [-0.2, -0.15) is 23.8 Å². The highest BCUT2D eigenvalue weighted by Gasteiger charge is 2.25. The average molecular weight is 465 g/mol. The topological polar surface area (TPSA) is 189 Å². The molecule has 162 valence electrons. The minimum atomic E-state index is -4.76. The van der Waals surface area contributed by atoms with E-state index in [9.17, 15) is 18.1 Å². The number of nitrogen functional groups attached to an aromatic ring is 1. The van der Waals surface area contributed by atoms with Crippen LogP contribution in [0.15, 0.2) is 72.7 Å². The summed E-state index contributed by atoms with van der Waals surface area (Å²) in [6.45, 7) is 0. The SMILES string of the molecule is CN=Nc1cc(S(=O)(=O)O)c2cc(SOOO)c(N=Nc3ccccc3)c(O)c2c1N. The van der Waals surface area contributed by atoms with Crippen LogP contribution in [0.2, 0.25) is 0 Å². The van der Waals surface area contributed by atoms with Crippen molar-refractivity contribution in [3.8, 4) is 5.75 Å². The van der Waals surface area contributed by atoms with Crippen molar-refractivity contribution in [3.05, 3.63) is 42.5 Å². The lowest BCUT2D eigenvalue weighted by Gasteiger charge is -2.14. The van der Waals surface area contributed by atoms with Crippen LogP contribution in [0.5, 0.6) is 5.75 Å². The van der Waals surface area contributed by atoms with E-state index in [-0.39, 0.29) is 32.7 Å². The minimum Gasteiger partial charge on any atom is -0.505 e. The molecule has 12 nitrogen and oxygen atoms in total. The Labute approximate surface area is 179 Å². The Bertz CT molecular complexity index is 1280. The van der Waals surface area contributed by atoms with Gasteiger partial charge in [-0.3, -0.25) is 4.55 Å². The van der Waals surface area contributed by atoms with E-state index in [1.54, 1.807) is 30.3 Å². The predicted octanol–water partition coefficient (Wildman–Crippen LogP) is 4.93. The molecule has 0 saturated carbocycles. The number of anilines is 1. The third-order valence-corrected chi connectivity index (χ3v) is 5.49. The highest BCUT2D eigenvalue weighted by molar-refractivity contribution is 7.94. The maximum Gasteiger partial charge on any atom is 0.295 e. The highest BCUT2D eigenvalue weighted by atomic mass is 32.2. The third kappa shape index (κ3) is 4.79. The summed E-state index contributed by atoms with van der Waals surface area (Å²) < 4.78 is 38.0. The van der Waals surface area contributed by atoms with Crippen LogP contribution in [0.25, 0.3) is 10.8 Å². The number of nitrogens with zero attached hydrogens (tertiary/aromatic N) is 4. The van der Waals surface area contributed by atoms with Crippen molar-refractivity contribution in [2.24, 2.45) is 20.5 Å². The Morgan fingerprint density at radius 3 is 2.42 bits per heavy atom. The molecule has 3 rings (SSSR count). The number of fused-ring (bicyclic) bond motifs is 1. The van der Waals surface area contributed by atoms with Gasteiger partial charge in [0.05, 0.1) is 33.7 Å². The van der Waals surface area contributed by atoms with E-state index in [2.05, 4.69) is 29.8 Å². The highest BCUT2D eigenvalue weighted by Crippen LogP contribution is 2.49. The van der Waals surface area contributed by atoms with Crippen LogP contribution in [-0.2, 0) is 19.5 Å². The maximum atomic E-state index is 12.0. The summed E-state index contributed by atoms with van der Waals surface area (Å²) >= 11 is 0.406. The largest absolute Gasteiger partial charge is 0.505 e. The summed E-state index contributed by atoms with van der Waals surface area (Å²) in [5, 5.41) is 38.0. The number of hydrogen-bond acceptors (Lipinski definition) is 12. The standard InChI is InChI=1S/C17H15N5O7S2/c1-19-21-11-8-13(31(25,26)27)10-7-12(30-29-28-24)16(17(23)14(10)15(11)18)22-20-9-5-3-2-4-6-9/h2-8,23-24H,18H2,1H3,(H,25,26,27). The summed E-state index contributed by atoms with van der Waals surface area (Å²) in [5.41, 5.74) is 6.15. The van der Waals surface area contributed by atoms with Gasteiger partial charge in [0.2, 0.25) is 0 Å². The molecule has 0 aliphatic rings. The zero-order valence-corrected chi connectivity index (χ0v) is 17.3. The van der Waals surface area contributed by atoms with Crippen LogP contribution >= 0.6 is 12.0 Å². The van der Waals surface area contributed by atoms with Crippen molar-refractivity contribution < 1.29 is 32.7 Å². The number of azo groups is 2. The molecule has 0 atom stereocenters. The van der Waals surface area contributed by atoms with Crippen LogP contribution in [0.1, 0.15) is 0 Å². The molecular weight excluding hydrogens is 450 g/mol. The van der Waals surface area contributed by atoms with Crippen LogP contribution < -0.4 is 5.73 Å². The van der Waals surface area contributed by atoms with Crippen LogP contribution in [0, 0.1) is 0 Å². The molecule has 31 heavy (non-hydrogen) atoms. The molecule has 0 heterocycles. The molecule has 0 unspecified atom stereocenters. The molecule has 3 aromatic carbocycles. The van der Waals surface area contributed by atoms with Gasteiger partial charge in [-0.25, -0.2) is 5.26 Å². The Hall–Kier alpha value is -3.14. The number of nitrogens with two attached hydrogens (primary N) is 1. The molecule has 0 amide bonds. The molecule has 0 aliphatic carbocycles. The third-order valence-electron chi connectivity index (χ3n) is 3.98. The normalized spacial score (nSPS) is 12.4. The summed E-state index contributed by atoms with van der Waals surface area (Å²) in [7, 11) is -3.43. The van der Waals surface area contributed by atoms with Crippen molar-refractivity contribution in [2.45, 2.75) is 9.79 Å². The second kappa shape index (κ2) is 9.34. The van der Waals surface area contributed by atoms with Crippen molar-refractivity contribution in [1.82, 2.24) is 0 Å². The fraction of sp³-hybridized carbons (Fsp3) is 0.0588. The minimum absolute atomic E-state index is 0.00658. The second-order valence-corrected chi connectivity index (χ2v) is 7.97.